The molecule has 0 radical (unpaired) electrons. The van der Waals surface area contributed by atoms with Crippen molar-refractivity contribution in [2.75, 3.05) is 12.8 Å². The molecule has 142 valence electrons. The first-order valence-electron chi connectivity index (χ1n) is 7.20. The summed E-state index contributed by atoms with van der Waals surface area (Å²) in [6.45, 7) is 0.848. The van der Waals surface area contributed by atoms with Crippen LogP contribution in [0.15, 0.2) is 17.2 Å². The van der Waals surface area contributed by atoms with Gasteiger partial charge in [-0.25, -0.2) is 10.1 Å². The first kappa shape index (κ1) is 19.2. The largest absolute Gasteiger partial charge is 0.488 e. The van der Waals surface area contributed by atoms with Gasteiger partial charge in [0.25, 0.3) is 5.91 Å². The molecule has 0 aliphatic heterocycles. The number of carbonyl (C=O) groups excluding carboxylic acids is 2. The highest BCUT2D eigenvalue weighted by Gasteiger charge is 2.25. The van der Waals surface area contributed by atoms with Crippen molar-refractivity contribution in [1.29, 1.82) is 0 Å². The molecule has 14 nitrogen and oxygen atoms in total. The number of methoxy groups -OCH3 is 1. The van der Waals surface area contributed by atoms with E-state index in [4.69, 9.17) is 15.2 Å². The van der Waals surface area contributed by atoms with Gasteiger partial charge in [-0.05, 0) is 22.6 Å². The zero-order chi connectivity index (χ0) is 20.0. The number of hydrogen-bond acceptors (Lipinski definition) is 11. The zero-order valence-electron chi connectivity index (χ0n) is 14.1. The summed E-state index contributed by atoms with van der Waals surface area (Å²) in [5.74, 6) is -1.72. The third kappa shape index (κ3) is 4.71. The lowest BCUT2D eigenvalue weighted by Gasteiger charge is -2.09. The first-order valence-corrected chi connectivity index (χ1v) is 7.20. The third-order valence-corrected chi connectivity index (χ3v) is 3.01. The Labute approximate surface area is 151 Å². The second kappa shape index (κ2) is 8.32. The highest BCUT2D eigenvalue weighted by atomic mass is 16.6. The standard InChI is InChI=1S/C13H14N8O6/c1-7(22)27-9-4-3-8(11(21(24)25)12(9)26-2)5-15-16-10(23)6-20-13(14)17-18-19-20/h3-5H,6H2,1-2H3,(H,16,23)(H2,14,17,19). The fourth-order valence-electron chi connectivity index (χ4n) is 1.96. The minimum absolute atomic E-state index is 0.00925. The number of ether oxygens (including phenoxy) is 2. The van der Waals surface area contributed by atoms with Gasteiger partial charge in [-0.15, -0.1) is 0 Å². The summed E-state index contributed by atoms with van der Waals surface area (Å²) in [4.78, 5) is 33.5. The molecule has 1 heterocycles. The van der Waals surface area contributed by atoms with E-state index in [0.29, 0.717) is 0 Å². The average molecular weight is 378 g/mol. The Morgan fingerprint density at radius 1 is 1.48 bits per heavy atom. The Kier molecular flexibility index (Phi) is 5.93. The first-order chi connectivity index (χ1) is 12.8. The van der Waals surface area contributed by atoms with Crippen LogP contribution in [0.1, 0.15) is 12.5 Å². The summed E-state index contributed by atoms with van der Waals surface area (Å²) in [6.07, 6.45) is 1.04. The lowest BCUT2D eigenvalue weighted by atomic mass is 10.1. The number of hydrogen-bond donors (Lipinski definition) is 2. The van der Waals surface area contributed by atoms with Crippen LogP contribution in [0.5, 0.6) is 11.5 Å². The Hall–Kier alpha value is -4.10. The number of nitrogens with two attached hydrogens (primary N) is 1. The van der Waals surface area contributed by atoms with Gasteiger partial charge in [0.1, 0.15) is 6.54 Å². The molecule has 0 bridgehead atoms. The number of anilines is 1. The van der Waals surface area contributed by atoms with E-state index >= 15 is 0 Å². The lowest BCUT2D eigenvalue weighted by molar-refractivity contribution is -0.385. The second-order valence-corrected chi connectivity index (χ2v) is 4.87. The second-order valence-electron chi connectivity index (χ2n) is 4.87. The highest BCUT2D eigenvalue weighted by molar-refractivity contribution is 5.89. The summed E-state index contributed by atoms with van der Waals surface area (Å²) in [5.41, 5.74) is 7.11. The quantitative estimate of drug-likeness (QED) is 0.204. The monoisotopic (exact) mass is 378 g/mol. The van der Waals surface area contributed by atoms with Crippen molar-refractivity contribution in [3.05, 3.63) is 27.8 Å². The van der Waals surface area contributed by atoms with Crippen LogP contribution in [0.4, 0.5) is 11.6 Å². The zero-order valence-corrected chi connectivity index (χ0v) is 14.1. The van der Waals surface area contributed by atoms with Crippen LogP contribution in [-0.4, -0.2) is 50.3 Å². The number of nitro groups is 1. The van der Waals surface area contributed by atoms with Gasteiger partial charge in [0.2, 0.25) is 11.7 Å². The summed E-state index contributed by atoms with van der Waals surface area (Å²) in [7, 11) is 1.19. The van der Waals surface area contributed by atoms with E-state index < -0.39 is 22.5 Å². The van der Waals surface area contributed by atoms with Crippen LogP contribution < -0.4 is 20.6 Å². The number of tetrazole rings is 1. The Morgan fingerprint density at radius 2 is 2.22 bits per heavy atom. The van der Waals surface area contributed by atoms with Crippen molar-refractivity contribution < 1.29 is 24.0 Å². The lowest BCUT2D eigenvalue weighted by Crippen LogP contribution is -2.24. The smallest absolute Gasteiger partial charge is 0.323 e. The molecule has 0 unspecified atom stereocenters. The summed E-state index contributed by atoms with van der Waals surface area (Å²) < 4.78 is 10.9. The SMILES string of the molecule is COc1c(OC(C)=O)ccc(C=NNC(=O)Cn2nnnc2N)c1[N+](=O)[O-]. The topological polar surface area (TPSA) is 190 Å². The molecule has 0 fully saturated rings. The average Bonchev–Trinajstić information content (AvgIpc) is 2.99. The predicted octanol–water partition coefficient (Wildman–Crippen LogP) is -0.752. The number of esters is 1. The van der Waals surface area contributed by atoms with E-state index in [-0.39, 0.29) is 29.6 Å². The van der Waals surface area contributed by atoms with E-state index in [2.05, 4.69) is 26.1 Å². The van der Waals surface area contributed by atoms with Crippen molar-refractivity contribution in [3.8, 4) is 11.5 Å². The van der Waals surface area contributed by atoms with E-state index in [0.717, 1.165) is 17.8 Å². The fourth-order valence-corrected chi connectivity index (χ4v) is 1.96. The molecule has 0 saturated carbocycles. The fraction of sp³-hybridized carbons (Fsp3) is 0.231. The number of nitrogens with zero attached hydrogens (tertiary/aromatic N) is 6. The summed E-state index contributed by atoms with van der Waals surface area (Å²) >= 11 is 0. The normalized spacial score (nSPS) is 10.6. The molecule has 27 heavy (non-hydrogen) atoms. The van der Waals surface area contributed by atoms with Gasteiger partial charge in [-0.3, -0.25) is 19.7 Å². The van der Waals surface area contributed by atoms with Crippen LogP contribution in [0.25, 0.3) is 0 Å². The van der Waals surface area contributed by atoms with E-state index in [1.807, 2.05) is 0 Å². The van der Waals surface area contributed by atoms with Crippen molar-refractivity contribution >= 4 is 29.7 Å². The predicted molar refractivity (Wildman–Crippen MR) is 88.9 cm³/mol. The molecule has 0 aliphatic rings. The molecule has 0 atom stereocenters. The molecule has 0 spiro atoms. The number of aromatic nitrogens is 4. The number of benzene rings is 1. The van der Waals surface area contributed by atoms with Crippen LogP contribution in [0, 0.1) is 10.1 Å². The van der Waals surface area contributed by atoms with Gasteiger partial charge in [-0.2, -0.15) is 5.10 Å². The van der Waals surface area contributed by atoms with E-state index in [1.165, 1.54) is 19.2 Å². The number of rotatable bonds is 7. The van der Waals surface area contributed by atoms with Gasteiger partial charge in [0, 0.05) is 6.92 Å². The van der Waals surface area contributed by atoms with Crippen LogP contribution >= 0.6 is 0 Å². The molecule has 2 rings (SSSR count). The van der Waals surface area contributed by atoms with E-state index in [1.54, 1.807) is 0 Å². The molecular formula is C13H14N8O6. The van der Waals surface area contributed by atoms with Gasteiger partial charge < -0.3 is 15.2 Å². The Morgan fingerprint density at radius 3 is 2.78 bits per heavy atom. The van der Waals surface area contributed by atoms with E-state index in [9.17, 15) is 19.7 Å². The van der Waals surface area contributed by atoms with Crippen LogP contribution in [-0.2, 0) is 16.1 Å². The summed E-state index contributed by atoms with van der Waals surface area (Å²) in [6, 6.07) is 2.59. The van der Waals surface area contributed by atoms with Gasteiger partial charge in [0.05, 0.1) is 23.8 Å². The molecule has 0 saturated heterocycles. The number of hydrazone groups is 1. The van der Waals surface area contributed by atoms with Crippen LogP contribution in [0.3, 0.4) is 0 Å². The molecule has 1 aromatic heterocycles. The summed E-state index contributed by atoms with van der Waals surface area (Å²) in [5, 5.41) is 25.2. The van der Waals surface area contributed by atoms with Crippen molar-refractivity contribution in [2.45, 2.75) is 13.5 Å². The van der Waals surface area contributed by atoms with Crippen LogP contribution in [0.2, 0.25) is 0 Å². The maximum atomic E-state index is 11.8. The minimum atomic E-state index is -0.725. The van der Waals surface area contributed by atoms with Gasteiger partial charge in [-0.1, -0.05) is 5.10 Å². The minimum Gasteiger partial charge on any atom is -0.488 e. The number of carbonyl (C=O) groups is 2. The number of nitrogens with one attached hydrogen (secondary N) is 1. The molecule has 0 aliphatic carbocycles. The maximum absolute atomic E-state index is 11.8. The molecule has 3 N–H and O–H groups in total. The van der Waals surface area contributed by atoms with Crippen molar-refractivity contribution in [2.24, 2.45) is 5.10 Å². The Bertz CT molecular complexity index is 908. The van der Waals surface area contributed by atoms with Crippen molar-refractivity contribution in [1.82, 2.24) is 25.6 Å². The van der Waals surface area contributed by atoms with Gasteiger partial charge in [0.15, 0.2) is 5.75 Å². The molecule has 2 aromatic rings. The number of nitro benzene ring substituents is 1. The number of nitrogen functional groups attached to an aromatic ring is 1. The van der Waals surface area contributed by atoms with Crippen molar-refractivity contribution in [3.63, 3.8) is 0 Å². The van der Waals surface area contributed by atoms with Gasteiger partial charge >= 0.3 is 11.7 Å². The molecule has 14 heteroatoms. The molecular weight excluding hydrogens is 364 g/mol. The molecule has 1 amide bonds. The third-order valence-electron chi connectivity index (χ3n) is 3.01. The molecule has 1 aromatic carbocycles. The highest BCUT2D eigenvalue weighted by Crippen LogP contribution is 2.39. The number of amides is 1. The maximum Gasteiger partial charge on any atom is 0.323 e. The Balaban J connectivity index is 2.20.